The Kier molecular flexibility index (Phi) is 5.69. The van der Waals surface area contributed by atoms with Crippen molar-refractivity contribution < 1.29 is 9.53 Å². The maximum Gasteiger partial charge on any atom is 0.415 e. The van der Waals surface area contributed by atoms with Crippen LogP contribution in [0.5, 0.6) is 0 Å². The minimum absolute atomic E-state index is 0.168. The maximum absolute atomic E-state index is 13.2. The van der Waals surface area contributed by atoms with Crippen LogP contribution >= 0.6 is 27.5 Å². The zero-order valence-electron chi connectivity index (χ0n) is 15.1. The molecule has 0 saturated heterocycles. The number of amides is 1. The van der Waals surface area contributed by atoms with Crippen LogP contribution in [0.15, 0.2) is 77.3 Å². The summed E-state index contributed by atoms with van der Waals surface area (Å²) in [4.78, 5) is 14.9. The van der Waals surface area contributed by atoms with E-state index in [9.17, 15) is 4.79 Å². The third kappa shape index (κ3) is 3.94. The van der Waals surface area contributed by atoms with E-state index in [-0.39, 0.29) is 18.7 Å². The largest absolute Gasteiger partial charge is 0.444 e. The van der Waals surface area contributed by atoms with Gasteiger partial charge in [0.15, 0.2) is 0 Å². The van der Waals surface area contributed by atoms with Gasteiger partial charge < -0.3 is 4.74 Å². The molecule has 1 amide bonds. The third-order valence-corrected chi connectivity index (χ3v) is 5.81. The molecule has 3 aromatic rings. The van der Waals surface area contributed by atoms with E-state index >= 15 is 0 Å². The summed E-state index contributed by atoms with van der Waals surface area (Å²) in [6.07, 6.45) is 1.30. The molecule has 1 unspecified atom stereocenters. The Labute approximate surface area is 178 Å². The van der Waals surface area contributed by atoms with E-state index in [2.05, 4.69) is 22.0 Å². The highest BCUT2D eigenvalue weighted by Crippen LogP contribution is 2.42. The molecule has 3 nitrogen and oxygen atoms in total. The first-order valence-electron chi connectivity index (χ1n) is 9.16. The Morgan fingerprint density at radius 3 is 2.61 bits per heavy atom. The van der Waals surface area contributed by atoms with Gasteiger partial charge in [-0.3, -0.25) is 4.90 Å². The van der Waals surface area contributed by atoms with Gasteiger partial charge in [0.2, 0.25) is 0 Å². The van der Waals surface area contributed by atoms with Crippen LogP contribution in [-0.4, -0.2) is 6.09 Å². The molecule has 0 N–H and O–H groups in total. The first-order chi connectivity index (χ1) is 13.6. The van der Waals surface area contributed by atoms with Crippen molar-refractivity contribution in [3.8, 4) is 0 Å². The molecule has 142 valence electrons. The smallest absolute Gasteiger partial charge is 0.415 e. The molecule has 5 heteroatoms. The number of anilines is 1. The van der Waals surface area contributed by atoms with Gasteiger partial charge in [0.25, 0.3) is 0 Å². The summed E-state index contributed by atoms with van der Waals surface area (Å²) >= 11 is 10.00. The van der Waals surface area contributed by atoms with Crippen LogP contribution < -0.4 is 4.90 Å². The number of carbonyl (C=O) groups is 1. The molecule has 0 fully saturated rings. The molecule has 28 heavy (non-hydrogen) atoms. The van der Waals surface area contributed by atoms with Gasteiger partial charge in [-0.15, -0.1) is 0 Å². The van der Waals surface area contributed by atoms with E-state index in [1.54, 1.807) is 4.90 Å². The molecule has 1 heterocycles. The van der Waals surface area contributed by atoms with Crippen molar-refractivity contribution in [3.63, 3.8) is 0 Å². The van der Waals surface area contributed by atoms with E-state index < -0.39 is 0 Å². The molecule has 0 aliphatic carbocycles. The molecule has 1 aliphatic heterocycles. The standard InChI is InChI=1S/C23H19BrClNO2/c24-18-12-10-17-11-13-21(19-8-4-5-9-20(19)25)26(22(17)14-18)23(27)28-15-16-6-2-1-3-7-16/h1-10,12,14,21H,11,13,15H2. The first-order valence-corrected chi connectivity index (χ1v) is 10.3. The quantitative estimate of drug-likeness (QED) is 0.427. The van der Waals surface area contributed by atoms with Gasteiger partial charge in [0, 0.05) is 9.50 Å². The fraction of sp³-hybridized carbons (Fsp3) is 0.174. The van der Waals surface area contributed by atoms with Crippen molar-refractivity contribution in [2.24, 2.45) is 0 Å². The maximum atomic E-state index is 13.2. The average Bonchev–Trinajstić information content (AvgIpc) is 2.72. The Balaban J connectivity index is 1.69. The van der Waals surface area contributed by atoms with Crippen LogP contribution in [0, 0.1) is 0 Å². The molecule has 1 atom stereocenters. The Morgan fingerprint density at radius 2 is 1.82 bits per heavy atom. The van der Waals surface area contributed by atoms with Crippen LogP contribution in [-0.2, 0) is 17.8 Å². The van der Waals surface area contributed by atoms with Crippen LogP contribution in [0.4, 0.5) is 10.5 Å². The summed E-state index contributed by atoms with van der Waals surface area (Å²) in [6, 6.07) is 23.3. The Bertz CT molecular complexity index is 993. The summed E-state index contributed by atoms with van der Waals surface area (Å²) in [6.45, 7) is 0.231. The van der Waals surface area contributed by atoms with Crippen molar-refractivity contribution >= 4 is 39.3 Å². The van der Waals surface area contributed by atoms with Crippen molar-refractivity contribution in [3.05, 3.63) is 99.0 Å². The monoisotopic (exact) mass is 455 g/mol. The van der Waals surface area contributed by atoms with Crippen molar-refractivity contribution in [2.45, 2.75) is 25.5 Å². The normalized spacial score (nSPS) is 15.8. The lowest BCUT2D eigenvalue weighted by Crippen LogP contribution is -2.39. The van der Waals surface area contributed by atoms with Gasteiger partial charge in [-0.05, 0) is 47.7 Å². The first kappa shape index (κ1) is 19.0. The van der Waals surface area contributed by atoms with E-state index in [0.717, 1.165) is 39.7 Å². The Morgan fingerprint density at radius 1 is 1.07 bits per heavy atom. The number of halogens is 2. The van der Waals surface area contributed by atoms with Gasteiger partial charge in [0.05, 0.1) is 11.7 Å². The lowest BCUT2D eigenvalue weighted by Gasteiger charge is -2.37. The van der Waals surface area contributed by atoms with Gasteiger partial charge in [0.1, 0.15) is 6.61 Å². The second kappa shape index (κ2) is 8.38. The van der Waals surface area contributed by atoms with E-state index in [4.69, 9.17) is 16.3 Å². The summed E-state index contributed by atoms with van der Waals surface area (Å²) in [7, 11) is 0. The average molecular weight is 457 g/mol. The number of carbonyl (C=O) groups excluding carboxylic acids is 1. The molecule has 0 bridgehead atoms. The minimum Gasteiger partial charge on any atom is -0.444 e. The predicted octanol–water partition coefficient (Wildman–Crippen LogP) is 6.93. The highest BCUT2D eigenvalue weighted by molar-refractivity contribution is 9.10. The zero-order valence-corrected chi connectivity index (χ0v) is 17.5. The topological polar surface area (TPSA) is 29.5 Å². The van der Waals surface area contributed by atoms with E-state index in [0.29, 0.717) is 5.02 Å². The van der Waals surface area contributed by atoms with Crippen LogP contribution in [0.1, 0.15) is 29.2 Å². The second-order valence-electron chi connectivity index (χ2n) is 6.76. The number of benzene rings is 3. The van der Waals surface area contributed by atoms with Crippen LogP contribution in [0.3, 0.4) is 0 Å². The molecule has 0 radical (unpaired) electrons. The van der Waals surface area contributed by atoms with Crippen molar-refractivity contribution in [1.82, 2.24) is 0 Å². The number of hydrogen-bond donors (Lipinski definition) is 0. The zero-order chi connectivity index (χ0) is 19.5. The number of rotatable bonds is 3. The van der Waals surface area contributed by atoms with Crippen LogP contribution in [0.25, 0.3) is 0 Å². The van der Waals surface area contributed by atoms with Gasteiger partial charge in [-0.1, -0.05) is 82.1 Å². The molecule has 3 aromatic carbocycles. The molecular weight excluding hydrogens is 438 g/mol. The van der Waals surface area contributed by atoms with Crippen LogP contribution in [0.2, 0.25) is 5.02 Å². The van der Waals surface area contributed by atoms with Gasteiger partial charge >= 0.3 is 6.09 Å². The lowest BCUT2D eigenvalue weighted by atomic mass is 9.91. The fourth-order valence-corrected chi connectivity index (χ4v) is 4.23. The summed E-state index contributed by atoms with van der Waals surface area (Å²) in [5, 5.41) is 0.659. The number of aryl methyl sites for hydroxylation is 1. The Hall–Kier alpha value is -2.30. The third-order valence-electron chi connectivity index (χ3n) is 4.97. The summed E-state index contributed by atoms with van der Waals surface area (Å²) in [5.41, 5.74) is 3.88. The number of ether oxygens (including phenoxy) is 1. The second-order valence-corrected chi connectivity index (χ2v) is 8.08. The predicted molar refractivity (Wildman–Crippen MR) is 116 cm³/mol. The summed E-state index contributed by atoms with van der Waals surface area (Å²) in [5.74, 6) is 0. The number of fused-ring (bicyclic) bond motifs is 1. The van der Waals surface area contributed by atoms with Gasteiger partial charge in [-0.25, -0.2) is 4.79 Å². The molecule has 0 spiro atoms. The molecule has 4 rings (SSSR count). The lowest BCUT2D eigenvalue weighted by molar-refractivity contribution is 0.143. The SMILES string of the molecule is O=C(OCc1ccccc1)N1c2cc(Br)ccc2CCC1c1ccccc1Cl. The number of nitrogens with zero attached hydrogens (tertiary/aromatic N) is 1. The van der Waals surface area contributed by atoms with Gasteiger partial charge in [-0.2, -0.15) is 0 Å². The molecule has 0 aromatic heterocycles. The number of hydrogen-bond acceptors (Lipinski definition) is 2. The molecule has 0 saturated carbocycles. The fourth-order valence-electron chi connectivity index (χ4n) is 3.62. The van der Waals surface area contributed by atoms with E-state index in [1.165, 1.54) is 0 Å². The highest BCUT2D eigenvalue weighted by atomic mass is 79.9. The molecule has 1 aliphatic rings. The summed E-state index contributed by atoms with van der Waals surface area (Å²) < 4.78 is 6.61. The minimum atomic E-state index is -0.368. The van der Waals surface area contributed by atoms with Crippen molar-refractivity contribution in [2.75, 3.05) is 4.90 Å². The molecular formula is C23H19BrClNO2. The highest BCUT2D eigenvalue weighted by Gasteiger charge is 2.34. The van der Waals surface area contributed by atoms with Crippen molar-refractivity contribution in [1.29, 1.82) is 0 Å². The van der Waals surface area contributed by atoms with E-state index in [1.807, 2.05) is 66.7 Å².